The van der Waals surface area contributed by atoms with Gasteiger partial charge in [-0.05, 0) is 37.9 Å². The average Bonchev–Trinajstić information content (AvgIpc) is 3.06. The van der Waals surface area contributed by atoms with Gasteiger partial charge in [0, 0.05) is 18.2 Å². The van der Waals surface area contributed by atoms with Gasteiger partial charge in [0.2, 0.25) is 0 Å². The molecule has 1 N–H and O–H groups in total. The molecule has 0 bridgehead atoms. The molecule has 20 heavy (non-hydrogen) atoms. The summed E-state index contributed by atoms with van der Waals surface area (Å²) in [4.78, 5) is 2.57. The fourth-order valence-electron chi connectivity index (χ4n) is 3.08. The zero-order valence-corrected chi connectivity index (χ0v) is 13.3. The first-order valence-corrected chi connectivity index (χ1v) is 8.20. The summed E-state index contributed by atoms with van der Waals surface area (Å²) in [5, 5.41) is 3.46. The van der Waals surface area contributed by atoms with Crippen LogP contribution in [-0.4, -0.2) is 24.0 Å². The van der Waals surface area contributed by atoms with Gasteiger partial charge in [0.25, 0.3) is 0 Å². The lowest BCUT2D eigenvalue weighted by molar-refractivity contribution is 0.185. The number of rotatable bonds is 8. The summed E-state index contributed by atoms with van der Waals surface area (Å²) in [7, 11) is 0. The van der Waals surface area contributed by atoms with Gasteiger partial charge in [-0.2, -0.15) is 0 Å². The summed E-state index contributed by atoms with van der Waals surface area (Å²) in [5.74, 6) is 1.81. The van der Waals surface area contributed by atoms with Crippen molar-refractivity contribution in [2.24, 2.45) is 5.92 Å². The van der Waals surface area contributed by atoms with Crippen LogP contribution < -0.4 is 5.32 Å². The minimum absolute atomic E-state index is 0.694. The van der Waals surface area contributed by atoms with Crippen molar-refractivity contribution in [1.82, 2.24) is 10.2 Å². The van der Waals surface area contributed by atoms with E-state index < -0.39 is 0 Å². The Kier molecular flexibility index (Phi) is 6.11. The molecule has 3 nitrogen and oxygen atoms in total. The lowest BCUT2D eigenvalue weighted by Crippen LogP contribution is -2.32. The molecule has 1 aromatic rings. The third-order valence-electron chi connectivity index (χ3n) is 4.20. The van der Waals surface area contributed by atoms with E-state index in [0.717, 1.165) is 38.0 Å². The van der Waals surface area contributed by atoms with E-state index in [0.29, 0.717) is 5.92 Å². The second kappa shape index (κ2) is 7.84. The molecule has 0 amide bonds. The smallest absolute Gasteiger partial charge is 0.118 e. The molecule has 1 heterocycles. The third kappa shape index (κ3) is 4.64. The van der Waals surface area contributed by atoms with Gasteiger partial charge in [-0.25, -0.2) is 0 Å². The van der Waals surface area contributed by atoms with E-state index in [-0.39, 0.29) is 0 Å². The third-order valence-corrected chi connectivity index (χ3v) is 4.20. The zero-order valence-electron chi connectivity index (χ0n) is 13.3. The Bertz CT molecular complexity index is 380. The highest BCUT2D eigenvalue weighted by atomic mass is 16.3. The second-order valence-electron chi connectivity index (χ2n) is 6.45. The van der Waals surface area contributed by atoms with E-state index in [4.69, 9.17) is 4.42 Å². The highest BCUT2D eigenvalue weighted by Gasteiger charge is 2.22. The van der Waals surface area contributed by atoms with Crippen LogP contribution in [0.2, 0.25) is 0 Å². The minimum Gasteiger partial charge on any atom is -0.468 e. The van der Waals surface area contributed by atoms with Crippen molar-refractivity contribution in [1.29, 1.82) is 0 Å². The quantitative estimate of drug-likeness (QED) is 0.784. The summed E-state index contributed by atoms with van der Waals surface area (Å²) in [6, 6.07) is 2.98. The molecule has 0 aromatic carbocycles. The van der Waals surface area contributed by atoms with Crippen molar-refractivity contribution in [3.05, 3.63) is 23.7 Å². The van der Waals surface area contributed by atoms with Gasteiger partial charge in [-0.15, -0.1) is 0 Å². The molecule has 0 unspecified atom stereocenters. The van der Waals surface area contributed by atoms with Crippen LogP contribution in [0.3, 0.4) is 0 Å². The molecule has 2 rings (SSSR count). The fraction of sp³-hybridized carbons (Fsp3) is 0.765. The molecule has 0 aliphatic heterocycles. The Hall–Kier alpha value is -0.800. The van der Waals surface area contributed by atoms with Gasteiger partial charge in [0.1, 0.15) is 5.76 Å². The average molecular weight is 278 g/mol. The van der Waals surface area contributed by atoms with Gasteiger partial charge >= 0.3 is 0 Å². The molecule has 0 spiro atoms. The molecule has 0 saturated heterocycles. The number of hydrogen-bond donors (Lipinski definition) is 1. The second-order valence-corrected chi connectivity index (χ2v) is 6.45. The number of hydrogen-bond acceptors (Lipinski definition) is 3. The van der Waals surface area contributed by atoms with Crippen LogP contribution in [0.4, 0.5) is 0 Å². The largest absolute Gasteiger partial charge is 0.468 e. The van der Waals surface area contributed by atoms with Gasteiger partial charge in [-0.3, -0.25) is 4.90 Å². The van der Waals surface area contributed by atoms with Gasteiger partial charge in [0.05, 0.1) is 12.8 Å². The van der Waals surface area contributed by atoms with Crippen LogP contribution >= 0.6 is 0 Å². The van der Waals surface area contributed by atoms with Gasteiger partial charge < -0.3 is 9.73 Å². The normalized spacial score (nSPS) is 16.6. The summed E-state index contributed by atoms with van der Waals surface area (Å²) in [5.41, 5.74) is 1.27. The molecule has 1 aliphatic carbocycles. The summed E-state index contributed by atoms with van der Waals surface area (Å²) >= 11 is 0. The summed E-state index contributed by atoms with van der Waals surface area (Å²) in [6.07, 6.45) is 7.41. The maximum absolute atomic E-state index is 5.73. The topological polar surface area (TPSA) is 28.4 Å². The molecule has 1 saturated carbocycles. The van der Waals surface area contributed by atoms with E-state index in [1.54, 1.807) is 0 Å². The standard InChI is InChI=1S/C17H30N2O/c1-4-19(16-7-5-6-8-16)12-17-9-15(13-20-17)11-18-10-14(2)3/h9,13-14,16,18H,4-8,10-12H2,1-3H3. The summed E-state index contributed by atoms with van der Waals surface area (Å²) in [6.45, 7) is 10.8. The fourth-order valence-corrected chi connectivity index (χ4v) is 3.08. The molecule has 3 heteroatoms. The number of nitrogens with zero attached hydrogens (tertiary/aromatic N) is 1. The van der Waals surface area contributed by atoms with Crippen LogP contribution in [-0.2, 0) is 13.1 Å². The van der Waals surface area contributed by atoms with Crippen molar-refractivity contribution in [3.8, 4) is 0 Å². The molecular formula is C17H30N2O. The molecule has 114 valence electrons. The molecular weight excluding hydrogens is 248 g/mol. The lowest BCUT2D eigenvalue weighted by atomic mass is 10.2. The van der Waals surface area contributed by atoms with Crippen LogP contribution in [0.1, 0.15) is 57.8 Å². The van der Waals surface area contributed by atoms with Gasteiger partial charge in [-0.1, -0.05) is 33.6 Å². The minimum atomic E-state index is 0.694. The Morgan fingerprint density at radius 2 is 2.10 bits per heavy atom. The molecule has 1 aromatic heterocycles. The van der Waals surface area contributed by atoms with E-state index in [9.17, 15) is 0 Å². The van der Waals surface area contributed by atoms with Crippen LogP contribution in [0.5, 0.6) is 0 Å². The maximum atomic E-state index is 5.73. The molecule has 1 aliphatic rings. The monoisotopic (exact) mass is 278 g/mol. The maximum Gasteiger partial charge on any atom is 0.118 e. The predicted octanol–water partition coefficient (Wildman–Crippen LogP) is 3.79. The highest BCUT2D eigenvalue weighted by Crippen LogP contribution is 2.25. The molecule has 0 atom stereocenters. The van der Waals surface area contributed by atoms with E-state index in [1.165, 1.54) is 31.2 Å². The first-order valence-electron chi connectivity index (χ1n) is 8.20. The van der Waals surface area contributed by atoms with Crippen molar-refractivity contribution >= 4 is 0 Å². The first kappa shape index (κ1) is 15.6. The predicted molar refractivity (Wildman–Crippen MR) is 83.6 cm³/mol. The van der Waals surface area contributed by atoms with E-state index in [2.05, 4.69) is 37.1 Å². The Morgan fingerprint density at radius 1 is 1.35 bits per heavy atom. The Labute approximate surface area is 123 Å². The van der Waals surface area contributed by atoms with Crippen molar-refractivity contribution in [3.63, 3.8) is 0 Å². The van der Waals surface area contributed by atoms with Crippen LogP contribution in [0.25, 0.3) is 0 Å². The number of furan rings is 1. The SMILES string of the molecule is CCN(Cc1cc(CNCC(C)C)co1)C1CCCC1. The van der Waals surface area contributed by atoms with Crippen LogP contribution in [0.15, 0.2) is 16.7 Å². The lowest BCUT2D eigenvalue weighted by Gasteiger charge is -2.26. The first-order chi connectivity index (χ1) is 9.69. The molecule has 0 radical (unpaired) electrons. The van der Waals surface area contributed by atoms with Crippen molar-refractivity contribution < 1.29 is 4.42 Å². The zero-order chi connectivity index (χ0) is 14.4. The number of nitrogens with one attached hydrogen (secondary N) is 1. The highest BCUT2D eigenvalue weighted by molar-refractivity contribution is 5.12. The van der Waals surface area contributed by atoms with Crippen LogP contribution in [0, 0.1) is 5.92 Å². The van der Waals surface area contributed by atoms with Crippen molar-refractivity contribution in [2.75, 3.05) is 13.1 Å². The van der Waals surface area contributed by atoms with E-state index >= 15 is 0 Å². The summed E-state index contributed by atoms with van der Waals surface area (Å²) < 4.78 is 5.73. The Morgan fingerprint density at radius 3 is 2.75 bits per heavy atom. The molecule has 1 fully saturated rings. The van der Waals surface area contributed by atoms with Gasteiger partial charge in [0.15, 0.2) is 0 Å². The van der Waals surface area contributed by atoms with E-state index in [1.807, 2.05) is 6.26 Å². The Balaban J connectivity index is 1.81. The van der Waals surface area contributed by atoms with Crippen molar-refractivity contribution in [2.45, 2.75) is 65.6 Å².